The number of fused-ring (bicyclic) bond motifs is 1. The van der Waals surface area contributed by atoms with Crippen molar-refractivity contribution in [1.82, 2.24) is 24.9 Å². The zero-order valence-electron chi connectivity index (χ0n) is 13.0. The molecule has 4 rings (SSSR count). The number of hydrogen-bond donors (Lipinski definition) is 1. The highest BCUT2D eigenvalue weighted by molar-refractivity contribution is 6.03. The van der Waals surface area contributed by atoms with Crippen molar-refractivity contribution in [3.05, 3.63) is 0 Å². The average Bonchev–Trinajstić information content (AvgIpc) is 3.29. The summed E-state index contributed by atoms with van der Waals surface area (Å²) < 4.78 is 0. The number of carbonyl (C=O) groups is 2. The van der Waals surface area contributed by atoms with Crippen LogP contribution in [0.1, 0.15) is 12.8 Å². The second-order valence-electron chi connectivity index (χ2n) is 6.56. The van der Waals surface area contributed by atoms with Crippen LogP contribution in [0, 0.1) is 0 Å². The molecule has 1 aliphatic carbocycles. The summed E-state index contributed by atoms with van der Waals surface area (Å²) in [5, 5.41) is 2.39. The summed E-state index contributed by atoms with van der Waals surface area (Å²) in [6.45, 7) is 3.96. The van der Waals surface area contributed by atoms with Gasteiger partial charge in [0, 0.05) is 46.3 Å². The molecule has 0 spiro atoms. The molecule has 0 aromatic heterocycles. The number of urea groups is 1. The fraction of sp³-hybridized carbons (Fsp3) is 0.786. The van der Waals surface area contributed by atoms with E-state index in [4.69, 9.17) is 0 Å². The summed E-state index contributed by atoms with van der Waals surface area (Å²) in [5.41, 5.74) is 0. The number of amides is 3. The van der Waals surface area contributed by atoms with Crippen molar-refractivity contribution < 1.29 is 9.59 Å². The van der Waals surface area contributed by atoms with Gasteiger partial charge in [0.1, 0.15) is 0 Å². The summed E-state index contributed by atoms with van der Waals surface area (Å²) in [6.07, 6.45) is 2.25. The lowest BCUT2D eigenvalue weighted by Gasteiger charge is -2.39. The quantitative estimate of drug-likeness (QED) is 0.669. The fourth-order valence-corrected chi connectivity index (χ4v) is 3.63. The maximum Gasteiger partial charge on any atom is 0.325 e. The van der Waals surface area contributed by atoms with Crippen molar-refractivity contribution >= 4 is 17.9 Å². The van der Waals surface area contributed by atoms with Crippen LogP contribution >= 0.6 is 0 Å². The lowest BCUT2D eigenvalue weighted by Crippen LogP contribution is -2.63. The minimum atomic E-state index is -0.417. The Morgan fingerprint density at radius 3 is 2.36 bits per heavy atom. The molecule has 0 radical (unpaired) electrons. The number of nitrogens with zero attached hydrogens (tertiary/aromatic N) is 5. The molecule has 3 aliphatic heterocycles. The first-order chi connectivity index (χ1) is 10.6. The molecular weight excluding hydrogens is 284 g/mol. The Labute approximate surface area is 129 Å². The Bertz CT molecular complexity index is 537. The summed E-state index contributed by atoms with van der Waals surface area (Å²) in [5.74, 6) is 0.577. The third kappa shape index (κ3) is 2.05. The van der Waals surface area contributed by atoms with Gasteiger partial charge in [-0.3, -0.25) is 15.0 Å². The molecular formula is C14H22N6O2. The fourth-order valence-electron chi connectivity index (χ4n) is 3.63. The van der Waals surface area contributed by atoms with Gasteiger partial charge in [0.2, 0.25) is 0 Å². The van der Waals surface area contributed by atoms with E-state index in [1.54, 1.807) is 7.05 Å². The molecule has 3 amide bonds. The molecule has 0 aromatic carbocycles. The van der Waals surface area contributed by atoms with Crippen molar-refractivity contribution in [2.24, 2.45) is 4.99 Å². The molecule has 3 fully saturated rings. The molecule has 2 saturated heterocycles. The van der Waals surface area contributed by atoms with Gasteiger partial charge in [-0.2, -0.15) is 0 Å². The van der Waals surface area contributed by atoms with Crippen molar-refractivity contribution in [2.75, 3.05) is 40.3 Å². The number of hydrogen-bond acceptors (Lipinski definition) is 6. The first kappa shape index (κ1) is 13.8. The Hall–Kier alpha value is -1.83. The van der Waals surface area contributed by atoms with Crippen LogP contribution in [-0.2, 0) is 4.79 Å². The molecule has 2 unspecified atom stereocenters. The SMILES string of the molecule is CN1C(=O)NC(=O)C2C1N=C(N1CCN(C3CC3)CC1)N2C. The van der Waals surface area contributed by atoms with E-state index in [0.717, 1.165) is 38.2 Å². The van der Waals surface area contributed by atoms with Crippen molar-refractivity contribution in [2.45, 2.75) is 31.1 Å². The van der Waals surface area contributed by atoms with E-state index in [0.29, 0.717) is 0 Å². The lowest BCUT2D eigenvalue weighted by molar-refractivity contribution is -0.126. The lowest BCUT2D eigenvalue weighted by atomic mass is 10.1. The van der Waals surface area contributed by atoms with E-state index in [9.17, 15) is 9.59 Å². The van der Waals surface area contributed by atoms with Crippen LogP contribution in [0.25, 0.3) is 0 Å². The molecule has 8 heteroatoms. The molecule has 0 aromatic rings. The van der Waals surface area contributed by atoms with Crippen molar-refractivity contribution in [3.8, 4) is 0 Å². The zero-order chi connectivity index (χ0) is 15.4. The van der Waals surface area contributed by atoms with Crippen LogP contribution < -0.4 is 5.32 Å². The predicted octanol–water partition coefficient (Wildman–Crippen LogP) is -1.06. The second kappa shape index (κ2) is 4.84. The van der Waals surface area contributed by atoms with Gasteiger partial charge in [-0.1, -0.05) is 0 Å². The third-order valence-corrected chi connectivity index (χ3v) is 5.14. The number of carbonyl (C=O) groups excluding carboxylic acids is 2. The van der Waals surface area contributed by atoms with E-state index >= 15 is 0 Å². The molecule has 8 nitrogen and oxygen atoms in total. The number of aliphatic imine (C=N–C) groups is 1. The van der Waals surface area contributed by atoms with Crippen LogP contribution in [-0.4, -0.2) is 96.0 Å². The number of guanidine groups is 1. The van der Waals surface area contributed by atoms with Crippen molar-refractivity contribution in [1.29, 1.82) is 0 Å². The normalized spacial score (nSPS) is 33.0. The van der Waals surface area contributed by atoms with E-state index in [2.05, 4.69) is 20.1 Å². The molecule has 22 heavy (non-hydrogen) atoms. The smallest absolute Gasteiger partial charge is 0.325 e. The van der Waals surface area contributed by atoms with Gasteiger partial charge in [0.15, 0.2) is 18.2 Å². The predicted molar refractivity (Wildman–Crippen MR) is 80.2 cm³/mol. The van der Waals surface area contributed by atoms with Gasteiger partial charge < -0.3 is 14.7 Å². The van der Waals surface area contributed by atoms with E-state index in [-0.39, 0.29) is 11.9 Å². The number of rotatable bonds is 1. The Morgan fingerprint density at radius 2 is 1.73 bits per heavy atom. The number of likely N-dealkylation sites (N-methyl/N-ethyl adjacent to an activating group) is 2. The van der Waals surface area contributed by atoms with Gasteiger partial charge in [-0.25, -0.2) is 9.79 Å². The molecule has 1 saturated carbocycles. The van der Waals surface area contributed by atoms with Gasteiger partial charge in [0.05, 0.1) is 0 Å². The standard InChI is InChI=1S/C14H22N6O2/c1-17-10-11(18(2)14(22)16-12(10)21)15-13(17)20-7-5-19(6-8-20)9-3-4-9/h9-11H,3-8H2,1-2H3,(H,16,21,22). The van der Waals surface area contributed by atoms with Crippen LogP contribution in [0.5, 0.6) is 0 Å². The Kier molecular flexibility index (Phi) is 3.04. The van der Waals surface area contributed by atoms with Crippen LogP contribution in [0.2, 0.25) is 0 Å². The maximum atomic E-state index is 12.1. The number of imide groups is 1. The van der Waals surface area contributed by atoms with Gasteiger partial charge in [-0.05, 0) is 12.8 Å². The summed E-state index contributed by atoms with van der Waals surface area (Å²) in [4.78, 5) is 36.7. The van der Waals surface area contributed by atoms with E-state index < -0.39 is 12.2 Å². The van der Waals surface area contributed by atoms with Gasteiger partial charge in [-0.15, -0.1) is 0 Å². The first-order valence-electron chi connectivity index (χ1n) is 7.93. The molecule has 1 N–H and O–H groups in total. The van der Waals surface area contributed by atoms with Gasteiger partial charge >= 0.3 is 6.03 Å². The van der Waals surface area contributed by atoms with E-state index in [1.165, 1.54) is 17.7 Å². The molecule has 2 atom stereocenters. The summed E-state index contributed by atoms with van der Waals surface area (Å²) in [7, 11) is 3.57. The minimum absolute atomic E-state index is 0.258. The highest BCUT2D eigenvalue weighted by Gasteiger charge is 2.48. The van der Waals surface area contributed by atoms with Crippen LogP contribution in [0.4, 0.5) is 4.79 Å². The van der Waals surface area contributed by atoms with Crippen LogP contribution in [0.3, 0.4) is 0 Å². The molecule has 120 valence electrons. The molecule has 3 heterocycles. The summed E-state index contributed by atoms with van der Waals surface area (Å²) in [6, 6.07) is 0.00451. The number of nitrogens with one attached hydrogen (secondary N) is 1. The Morgan fingerprint density at radius 1 is 1.05 bits per heavy atom. The number of piperazine rings is 1. The molecule has 0 bridgehead atoms. The highest BCUT2D eigenvalue weighted by Crippen LogP contribution is 2.29. The first-order valence-corrected chi connectivity index (χ1v) is 7.93. The van der Waals surface area contributed by atoms with Crippen molar-refractivity contribution in [3.63, 3.8) is 0 Å². The third-order valence-electron chi connectivity index (χ3n) is 5.14. The molecule has 4 aliphatic rings. The van der Waals surface area contributed by atoms with Gasteiger partial charge in [0.25, 0.3) is 5.91 Å². The maximum absolute atomic E-state index is 12.1. The largest absolute Gasteiger partial charge is 0.340 e. The topological polar surface area (TPSA) is 71.5 Å². The second-order valence-corrected chi connectivity index (χ2v) is 6.56. The summed E-state index contributed by atoms with van der Waals surface area (Å²) >= 11 is 0. The van der Waals surface area contributed by atoms with E-state index in [1.807, 2.05) is 11.9 Å². The highest BCUT2D eigenvalue weighted by atomic mass is 16.2. The average molecular weight is 306 g/mol. The monoisotopic (exact) mass is 306 g/mol. The Balaban J connectivity index is 1.50. The minimum Gasteiger partial charge on any atom is -0.340 e. The zero-order valence-corrected chi connectivity index (χ0v) is 13.0. The van der Waals surface area contributed by atoms with Crippen LogP contribution in [0.15, 0.2) is 4.99 Å².